The molecule has 1 aliphatic rings. The van der Waals surface area contributed by atoms with Gasteiger partial charge < -0.3 is 10.4 Å². The number of hydrogen-bond donors (Lipinski definition) is 2. The van der Waals surface area contributed by atoms with Crippen LogP contribution in [0.3, 0.4) is 0 Å². The van der Waals surface area contributed by atoms with Crippen LogP contribution in [0.5, 0.6) is 0 Å². The van der Waals surface area contributed by atoms with E-state index in [2.05, 4.69) is 10.4 Å². The Hall–Kier alpha value is -1.92. The Balaban J connectivity index is 2.35. The average molecular weight is 241 g/mol. The van der Waals surface area contributed by atoms with E-state index >= 15 is 0 Å². The molecule has 0 aromatic rings. The molecule has 0 aromatic carbocycles. The first-order valence-corrected chi connectivity index (χ1v) is 5.34. The highest BCUT2D eigenvalue weighted by Crippen LogP contribution is 2.06. The van der Waals surface area contributed by atoms with Gasteiger partial charge in [-0.05, 0) is 6.42 Å². The summed E-state index contributed by atoms with van der Waals surface area (Å²) >= 11 is 0. The molecule has 0 atom stereocenters. The topological polar surface area (TPSA) is 99.1 Å². The van der Waals surface area contributed by atoms with Gasteiger partial charge in [-0.2, -0.15) is 5.10 Å². The third-order valence-electron chi connectivity index (χ3n) is 2.32. The second-order valence-corrected chi connectivity index (χ2v) is 3.72. The SMILES string of the molecule is CN1N=C(C(=O)NCCCC(=O)O)CCC1=O. The first kappa shape index (κ1) is 13.1. The molecule has 94 valence electrons. The van der Waals surface area contributed by atoms with Crippen molar-refractivity contribution in [2.24, 2.45) is 5.10 Å². The number of carbonyl (C=O) groups excluding carboxylic acids is 2. The zero-order valence-corrected chi connectivity index (χ0v) is 9.60. The lowest BCUT2D eigenvalue weighted by molar-refractivity contribution is -0.137. The maximum atomic E-state index is 11.6. The van der Waals surface area contributed by atoms with Gasteiger partial charge in [0.05, 0.1) is 0 Å². The van der Waals surface area contributed by atoms with Gasteiger partial charge in [-0.3, -0.25) is 14.4 Å². The smallest absolute Gasteiger partial charge is 0.303 e. The second kappa shape index (κ2) is 5.97. The van der Waals surface area contributed by atoms with E-state index in [0.717, 1.165) is 5.01 Å². The van der Waals surface area contributed by atoms with E-state index in [-0.39, 0.29) is 24.7 Å². The molecule has 0 radical (unpaired) electrons. The van der Waals surface area contributed by atoms with Crippen molar-refractivity contribution in [1.29, 1.82) is 0 Å². The monoisotopic (exact) mass is 241 g/mol. The van der Waals surface area contributed by atoms with Gasteiger partial charge >= 0.3 is 5.97 Å². The molecule has 0 saturated carbocycles. The van der Waals surface area contributed by atoms with E-state index in [1.165, 1.54) is 7.05 Å². The summed E-state index contributed by atoms with van der Waals surface area (Å²) in [7, 11) is 1.50. The molecular weight excluding hydrogens is 226 g/mol. The van der Waals surface area contributed by atoms with Crippen LogP contribution in [0, 0.1) is 0 Å². The van der Waals surface area contributed by atoms with Gasteiger partial charge in [-0.1, -0.05) is 0 Å². The van der Waals surface area contributed by atoms with Gasteiger partial charge in [0, 0.05) is 32.9 Å². The molecule has 1 rings (SSSR count). The first-order chi connectivity index (χ1) is 8.00. The number of nitrogens with one attached hydrogen (secondary N) is 1. The number of hydrogen-bond acceptors (Lipinski definition) is 4. The number of carboxylic acid groups (broad SMARTS) is 1. The molecule has 0 fully saturated rings. The Morgan fingerprint density at radius 3 is 2.76 bits per heavy atom. The normalized spacial score (nSPS) is 15.5. The van der Waals surface area contributed by atoms with Crippen molar-refractivity contribution >= 4 is 23.5 Å². The van der Waals surface area contributed by atoms with Crippen molar-refractivity contribution in [2.45, 2.75) is 25.7 Å². The maximum absolute atomic E-state index is 11.6. The third-order valence-corrected chi connectivity index (χ3v) is 2.32. The van der Waals surface area contributed by atoms with Crippen LogP contribution in [0.4, 0.5) is 0 Å². The Morgan fingerprint density at radius 1 is 1.47 bits per heavy atom. The highest BCUT2D eigenvalue weighted by atomic mass is 16.4. The van der Waals surface area contributed by atoms with E-state index in [4.69, 9.17) is 5.11 Å². The summed E-state index contributed by atoms with van der Waals surface area (Å²) in [5.74, 6) is -1.35. The number of carbonyl (C=O) groups is 3. The average Bonchev–Trinajstić information content (AvgIpc) is 2.27. The van der Waals surface area contributed by atoms with E-state index in [9.17, 15) is 14.4 Å². The Bertz CT molecular complexity index is 365. The molecule has 2 amide bonds. The standard InChI is InChI=1S/C10H15N3O4/c1-13-8(14)5-4-7(12-13)10(17)11-6-2-3-9(15)16/h2-6H2,1H3,(H,11,17)(H,15,16). The molecule has 0 spiro atoms. The van der Waals surface area contributed by atoms with Crippen LogP contribution in [0.25, 0.3) is 0 Å². The van der Waals surface area contributed by atoms with Crippen molar-refractivity contribution in [1.82, 2.24) is 10.3 Å². The summed E-state index contributed by atoms with van der Waals surface area (Å²) < 4.78 is 0. The molecule has 0 unspecified atom stereocenters. The Morgan fingerprint density at radius 2 is 2.18 bits per heavy atom. The highest BCUT2D eigenvalue weighted by Gasteiger charge is 2.21. The molecular formula is C10H15N3O4. The van der Waals surface area contributed by atoms with E-state index < -0.39 is 5.97 Å². The molecule has 0 bridgehead atoms. The van der Waals surface area contributed by atoms with Crippen molar-refractivity contribution in [3.05, 3.63) is 0 Å². The number of aliphatic carboxylic acids is 1. The molecule has 7 nitrogen and oxygen atoms in total. The van der Waals surface area contributed by atoms with Gasteiger partial charge in [0.15, 0.2) is 0 Å². The molecule has 1 aliphatic heterocycles. The van der Waals surface area contributed by atoms with Gasteiger partial charge in [0.25, 0.3) is 5.91 Å². The fourth-order valence-corrected chi connectivity index (χ4v) is 1.38. The van der Waals surface area contributed by atoms with Crippen LogP contribution in [0.15, 0.2) is 5.10 Å². The van der Waals surface area contributed by atoms with Crippen LogP contribution in [-0.4, -0.2) is 47.2 Å². The molecule has 17 heavy (non-hydrogen) atoms. The van der Waals surface area contributed by atoms with Crippen molar-refractivity contribution in [3.63, 3.8) is 0 Å². The zero-order valence-electron chi connectivity index (χ0n) is 9.60. The second-order valence-electron chi connectivity index (χ2n) is 3.72. The quantitative estimate of drug-likeness (QED) is 0.638. The predicted octanol–water partition coefficient (Wildman–Crippen LogP) is -0.424. The summed E-state index contributed by atoms with van der Waals surface area (Å²) in [5.41, 5.74) is 0.308. The van der Waals surface area contributed by atoms with Crippen molar-refractivity contribution in [2.75, 3.05) is 13.6 Å². The lowest BCUT2D eigenvalue weighted by atomic mass is 10.1. The third kappa shape index (κ3) is 4.21. The first-order valence-electron chi connectivity index (χ1n) is 5.34. The molecule has 0 aromatic heterocycles. The summed E-state index contributed by atoms with van der Waals surface area (Å²) in [6, 6.07) is 0. The van der Waals surface area contributed by atoms with Gasteiger partial charge in [0.1, 0.15) is 5.71 Å². The molecule has 1 heterocycles. The molecule has 0 aliphatic carbocycles. The fraction of sp³-hybridized carbons (Fsp3) is 0.600. The van der Waals surface area contributed by atoms with Gasteiger partial charge in [-0.15, -0.1) is 0 Å². The lowest BCUT2D eigenvalue weighted by Gasteiger charge is -2.18. The number of carboxylic acids is 1. The summed E-state index contributed by atoms with van der Waals surface area (Å²) in [5, 5.41) is 16.0. The number of hydrazone groups is 1. The molecule has 2 N–H and O–H groups in total. The van der Waals surface area contributed by atoms with Gasteiger partial charge in [0.2, 0.25) is 5.91 Å². The van der Waals surface area contributed by atoms with Gasteiger partial charge in [-0.25, -0.2) is 5.01 Å². The summed E-state index contributed by atoms with van der Waals surface area (Å²) in [6.07, 6.45) is 1.00. The minimum absolute atomic E-state index is 0.0190. The summed E-state index contributed by atoms with van der Waals surface area (Å²) in [6.45, 7) is 0.293. The van der Waals surface area contributed by atoms with Crippen LogP contribution >= 0.6 is 0 Å². The Labute approximate surface area is 98.5 Å². The lowest BCUT2D eigenvalue weighted by Crippen LogP contribution is -2.38. The minimum Gasteiger partial charge on any atom is -0.481 e. The van der Waals surface area contributed by atoms with Crippen LogP contribution in [0.2, 0.25) is 0 Å². The van der Waals surface area contributed by atoms with E-state index in [0.29, 0.717) is 25.1 Å². The van der Waals surface area contributed by atoms with Crippen molar-refractivity contribution in [3.8, 4) is 0 Å². The largest absolute Gasteiger partial charge is 0.481 e. The van der Waals surface area contributed by atoms with Crippen molar-refractivity contribution < 1.29 is 19.5 Å². The van der Waals surface area contributed by atoms with Crippen LogP contribution in [0.1, 0.15) is 25.7 Å². The minimum atomic E-state index is -0.889. The Kier molecular flexibility index (Phi) is 4.62. The molecule has 0 saturated heterocycles. The predicted molar refractivity (Wildman–Crippen MR) is 59.3 cm³/mol. The number of amides is 2. The molecule has 7 heteroatoms. The number of nitrogens with zero attached hydrogens (tertiary/aromatic N) is 2. The maximum Gasteiger partial charge on any atom is 0.303 e. The van der Waals surface area contributed by atoms with Crippen LogP contribution in [-0.2, 0) is 14.4 Å². The fourth-order valence-electron chi connectivity index (χ4n) is 1.38. The highest BCUT2D eigenvalue weighted by molar-refractivity contribution is 6.39. The summed E-state index contributed by atoms with van der Waals surface area (Å²) in [4.78, 5) is 32.9. The van der Waals surface area contributed by atoms with Crippen LogP contribution < -0.4 is 5.32 Å². The van der Waals surface area contributed by atoms with E-state index in [1.54, 1.807) is 0 Å². The van der Waals surface area contributed by atoms with E-state index in [1.807, 2.05) is 0 Å². The zero-order chi connectivity index (χ0) is 12.8. The number of rotatable bonds is 5.